The van der Waals surface area contributed by atoms with Gasteiger partial charge in [0.15, 0.2) is 0 Å². The highest BCUT2D eigenvalue weighted by atomic mass is 16.5. The van der Waals surface area contributed by atoms with E-state index >= 15 is 0 Å². The Morgan fingerprint density at radius 3 is 2.76 bits per heavy atom. The molecule has 1 atom stereocenters. The Labute approximate surface area is 144 Å². The number of imidazole rings is 1. The topological polar surface area (TPSA) is 78.2 Å². The van der Waals surface area contributed by atoms with Crippen LogP contribution in [0.2, 0.25) is 0 Å². The lowest BCUT2D eigenvalue weighted by Crippen LogP contribution is -2.39. The van der Waals surface area contributed by atoms with E-state index in [4.69, 9.17) is 4.74 Å². The minimum atomic E-state index is -0.269. The summed E-state index contributed by atoms with van der Waals surface area (Å²) in [6.45, 7) is 1.21. The molecule has 0 unspecified atom stereocenters. The number of amides is 1. The van der Waals surface area contributed by atoms with Gasteiger partial charge in [-0.15, -0.1) is 0 Å². The van der Waals surface area contributed by atoms with Crippen molar-refractivity contribution in [3.05, 3.63) is 64.6 Å². The molecular formula is C19H19N3O3. The molecule has 0 aliphatic carbocycles. The fourth-order valence-electron chi connectivity index (χ4n) is 3.32. The molecule has 1 fully saturated rings. The SMILES string of the molecule is O=C(c1ccc2[nH]c(=O)[nH]c2c1)N1CCC[C@H]1COc1ccccc1. The summed E-state index contributed by atoms with van der Waals surface area (Å²) in [7, 11) is 0. The number of H-pyrrole nitrogens is 2. The van der Waals surface area contributed by atoms with Crippen molar-refractivity contribution in [1.82, 2.24) is 14.9 Å². The van der Waals surface area contributed by atoms with Crippen LogP contribution in [0.1, 0.15) is 23.2 Å². The third kappa shape index (κ3) is 3.15. The Morgan fingerprint density at radius 2 is 1.92 bits per heavy atom. The molecule has 3 aromatic rings. The van der Waals surface area contributed by atoms with Crippen molar-refractivity contribution in [3.63, 3.8) is 0 Å². The van der Waals surface area contributed by atoms with Gasteiger partial charge in [-0.3, -0.25) is 4.79 Å². The molecular weight excluding hydrogens is 318 g/mol. The second kappa shape index (κ2) is 6.47. The number of rotatable bonds is 4. The number of nitrogens with zero attached hydrogens (tertiary/aromatic N) is 1. The monoisotopic (exact) mass is 337 g/mol. The molecule has 0 saturated carbocycles. The fourth-order valence-corrected chi connectivity index (χ4v) is 3.32. The molecule has 2 heterocycles. The van der Waals surface area contributed by atoms with Crippen LogP contribution in [0, 0.1) is 0 Å². The molecule has 2 aromatic carbocycles. The minimum absolute atomic E-state index is 0.0249. The lowest BCUT2D eigenvalue weighted by atomic mass is 10.1. The van der Waals surface area contributed by atoms with Crippen molar-refractivity contribution in [2.45, 2.75) is 18.9 Å². The Kier molecular flexibility index (Phi) is 4.01. The number of fused-ring (bicyclic) bond motifs is 1. The molecule has 25 heavy (non-hydrogen) atoms. The zero-order chi connectivity index (χ0) is 17.2. The Balaban J connectivity index is 1.50. The molecule has 2 N–H and O–H groups in total. The number of aromatic nitrogens is 2. The van der Waals surface area contributed by atoms with Crippen molar-refractivity contribution in [2.24, 2.45) is 0 Å². The number of likely N-dealkylation sites (tertiary alicyclic amines) is 1. The first-order valence-corrected chi connectivity index (χ1v) is 8.41. The average molecular weight is 337 g/mol. The molecule has 0 radical (unpaired) electrons. The average Bonchev–Trinajstić information content (AvgIpc) is 3.24. The maximum atomic E-state index is 12.9. The van der Waals surface area contributed by atoms with Gasteiger partial charge in [-0.1, -0.05) is 18.2 Å². The molecule has 1 aliphatic heterocycles. The van der Waals surface area contributed by atoms with Gasteiger partial charge in [0.05, 0.1) is 17.1 Å². The number of benzene rings is 2. The number of carbonyl (C=O) groups excluding carboxylic acids is 1. The predicted octanol–water partition coefficient (Wildman–Crippen LogP) is 2.54. The van der Waals surface area contributed by atoms with Crippen LogP contribution < -0.4 is 10.4 Å². The number of aromatic amines is 2. The zero-order valence-electron chi connectivity index (χ0n) is 13.7. The molecule has 6 heteroatoms. The summed E-state index contributed by atoms with van der Waals surface area (Å²) in [6, 6.07) is 14.9. The number of hydrogen-bond acceptors (Lipinski definition) is 3. The van der Waals surface area contributed by atoms with E-state index in [1.807, 2.05) is 35.2 Å². The summed E-state index contributed by atoms with van der Waals surface area (Å²) in [5, 5.41) is 0. The summed E-state index contributed by atoms with van der Waals surface area (Å²) >= 11 is 0. The van der Waals surface area contributed by atoms with E-state index in [9.17, 15) is 9.59 Å². The zero-order valence-corrected chi connectivity index (χ0v) is 13.7. The van der Waals surface area contributed by atoms with Gasteiger partial charge in [0.2, 0.25) is 0 Å². The third-order valence-corrected chi connectivity index (χ3v) is 4.59. The quantitative estimate of drug-likeness (QED) is 0.768. The molecule has 6 nitrogen and oxygen atoms in total. The van der Waals surface area contributed by atoms with Crippen LogP contribution in [-0.2, 0) is 0 Å². The van der Waals surface area contributed by atoms with Gasteiger partial charge in [0.1, 0.15) is 12.4 Å². The Hall–Kier alpha value is -3.02. The highest BCUT2D eigenvalue weighted by Gasteiger charge is 2.30. The molecule has 1 aliphatic rings. The van der Waals surface area contributed by atoms with E-state index in [-0.39, 0.29) is 17.6 Å². The van der Waals surface area contributed by atoms with Crippen LogP contribution in [0.25, 0.3) is 11.0 Å². The summed E-state index contributed by atoms with van der Waals surface area (Å²) < 4.78 is 5.83. The van der Waals surface area contributed by atoms with Crippen molar-refractivity contribution in [2.75, 3.05) is 13.2 Å². The Morgan fingerprint density at radius 1 is 1.12 bits per heavy atom. The Bertz CT molecular complexity index is 945. The maximum absolute atomic E-state index is 12.9. The standard InChI is InChI=1S/C19H19N3O3/c23-18(13-8-9-16-17(11-13)21-19(24)20-16)22-10-4-5-14(22)12-25-15-6-2-1-3-7-15/h1-3,6-9,11,14H,4-5,10,12H2,(H2,20,21,24)/t14-/m0/s1. The number of para-hydroxylation sites is 1. The van der Waals surface area contributed by atoms with E-state index in [1.165, 1.54) is 0 Å². The highest BCUT2D eigenvalue weighted by Crippen LogP contribution is 2.22. The summed E-state index contributed by atoms with van der Waals surface area (Å²) in [5.74, 6) is 0.788. The van der Waals surface area contributed by atoms with Gasteiger partial charge < -0.3 is 19.6 Å². The van der Waals surface area contributed by atoms with Crippen LogP contribution in [0.5, 0.6) is 5.75 Å². The van der Waals surface area contributed by atoms with Crippen LogP contribution in [0.4, 0.5) is 0 Å². The maximum Gasteiger partial charge on any atom is 0.323 e. The van der Waals surface area contributed by atoms with Gasteiger partial charge in [-0.05, 0) is 43.2 Å². The van der Waals surface area contributed by atoms with Gasteiger partial charge >= 0.3 is 5.69 Å². The molecule has 4 rings (SSSR count). The van der Waals surface area contributed by atoms with Crippen LogP contribution in [0.3, 0.4) is 0 Å². The lowest BCUT2D eigenvalue weighted by molar-refractivity contribution is 0.0691. The second-order valence-corrected chi connectivity index (χ2v) is 6.26. The number of hydrogen-bond donors (Lipinski definition) is 2. The summed E-state index contributed by atoms with van der Waals surface area (Å²) in [4.78, 5) is 31.5. The third-order valence-electron chi connectivity index (χ3n) is 4.59. The van der Waals surface area contributed by atoms with E-state index < -0.39 is 0 Å². The number of nitrogens with one attached hydrogen (secondary N) is 2. The first kappa shape index (κ1) is 15.5. The largest absolute Gasteiger partial charge is 0.491 e. The van der Waals surface area contributed by atoms with Crippen molar-refractivity contribution in [3.8, 4) is 5.75 Å². The normalized spacial score (nSPS) is 17.1. The molecule has 1 amide bonds. The summed E-state index contributed by atoms with van der Waals surface area (Å²) in [5.41, 5.74) is 1.66. The van der Waals surface area contributed by atoms with Crippen LogP contribution >= 0.6 is 0 Å². The second-order valence-electron chi connectivity index (χ2n) is 6.26. The van der Waals surface area contributed by atoms with Crippen molar-refractivity contribution >= 4 is 16.9 Å². The lowest BCUT2D eigenvalue weighted by Gasteiger charge is -2.25. The number of ether oxygens (including phenoxy) is 1. The van der Waals surface area contributed by atoms with Gasteiger partial charge in [0, 0.05) is 12.1 Å². The fraction of sp³-hybridized carbons (Fsp3) is 0.263. The molecule has 0 bridgehead atoms. The van der Waals surface area contributed by atoms with Gasteiger partial charge in [0.25, 0.3) is 5.91 Å². The van der Waals surface area contributed by atoms with Crippen LogP contribution in [0.15, 0.2) is 53.3 Å². The first-order chi connectivity index (χ1) is 12.2. The van der Waals surface area contributed by atoms with Crippen molar-refractivity contribution in [1.29, 1.82) is 0 Å². The van der Waals surface area contributed by atoms with E-state index in [1.54, 1.807) is 18.2 Å². The number of carbonyl (C=O) groups is 1. The van der Waals surface area contributed by atoms with Gasteiger partial charge in [-0.2, -0.15) is 0 Å². The summed E-state index contributed by atoms with van der Waals surface area (Å²) in [6.07, 6.45) is 1.90. The smallest absolute Gasteiger partial charge is 0.323 e. The minimum Gasteiger partial charge on any atom is -0.491 e. The first-order valence-electron chi connectivity index (χ1n) is 8.41. The highest BCUT2D eigenvalue weighted by molar-refractivity contribution is 5.97. The van der Waals surface area contributed by atoms with Crippen molar-refractivity contribution < 1.29 is 9.53 Å². The van der Waals surface area contributed by atoms with E-state index in [2.05, 4.69) is 9.97 Å². The molecule has 1 aromatic heterocycles. The molecule has 0 spiro atoms. The predicted molar refractivity (Wildman–Crippen MR) is 94.9 cm³/mol. The van der Waals surface area contributed by atoms with E-state index in [0.29, 0.717) is 23.2 Å². The van der Waals surface area contributed by atoms with Crippen LogP contribution in [-0.4, -0.2) is 40.0 Å². The van der Waals surface area contributed by atoms with Gasteiger partial charge in [-0.25, -0.2) is 4.79 Å². The molecule has 128 valence electrons. The van der Waals surface area contributed by atoms with E-state index in [0.717, 1.165) is 25.1 Å². The molecule has 1 saturated heterocycles.